The van der Waals surface area contributed by atoms with Crippen molar-refractivity contribution in [1.82, 2.24) is 0 Å². The number of aryl methyl sites for hydroxylation is 2. The van der Waals surface area contributed by atoms with Crippen LogP contribution in [0.5, 0.6) is 5.75 Å². The maximum Gasteiger partial charge on any atom is 0.224 e. The highest BCUT2D eigenvalue weighted by Crippen LogP contribution is 2.18. The number of carbonyl (C=O) groups is 1. The summed E-state index contributed by atoms with van der Waals surface area (Å²) in [6, 6.07) is 13.3. The van der Waals surface area contributed by atoms with E-state index < -0.39 is 0 Å². The summed E-state index contributed by atoms with van der Waals surface area (Å²) in [6.07, 6.45) is 1.05. The van der Waals surface area contributed by atoms with E-state index >= 15 is 0 Å². The first kappa shape index (κ1) is 16.0. The Balaban J connectivity index is 1.95. The van der Waals surface area contributed by atoms with Crippen molar-refractivity contribution in [3.63, 3.8) is 0 Å². The fourth-order valence-electron chi connectivity index (χ4n) is 2.20. The second-order valence-corrected chi connectivity index (χ2v) is 5.21. The van der Waals surface area contributed by atoms with Gasteiger partial charge < -0.3 is 15.2 Å². The summed E-state index contributed by atoms with van der Waals surface area (Å²) in [5, 5.41) is 12.1. The monoisotopic (exact) mass is 299 g/mol. The number of amides is 1. The Labute approximate surface area is 130 Å². The Kier molecular flexibility index (Phi) is 5.55. The van der Waals surface area contributed by atoms with Gasteiger partial charge in [0.1, 0.15) is 5.75 Å². The van der Waals surface area contributed by atoms with Gasteiger partial charge >= 0.3 is 0 Å². The van der Waals surface area contributed by atoms with Gasteiger partial charge in [-0.1, -0.05) is 24.3 Å². The lowest BCUT2D eigenvalue weighted by molar-refractivity contribution is -0.116. The number of methoxy groups -OCH3 is 1. The number of carbonyl (C=O) groups excluding carboxylic acids is 1. The minimum absolute atomic E-state index is 0.0348. The van der Waals surface area contributed by atoms with Gasteiger partial charge in [0.15, 0.2) is 0 Å². The van der Waals surface area contributed by atoms with Crippen LogP contribution in [-0.4, -0.2) is 18.1 Å². The lowest BCUT2D eigenvalue weighted by Gasteiger charge is -2.10. The molecule has 2 aromatic carbocycles. The van der Waals surface area contributed by atoms with Crippen molar-refractivity contribution in [2.75, 3.05) is 12.4 Å². The maximum atomic E-state index is 12.1. The van der Waals surface area contributed by atoms with E-state index in [4.69, 9.17) is 9.84 Å². The maximum absolute atomic E-state index is 12.1. The second-order valence-electron chi connectivity index (χ2n) is 5.21. The molecule has 2 N–H and O–H groups in total. The number of hydrogen-bond donors (Lipinski definition) is 2. The summed E-state index contributed by atoms with van der Waals surface area (Å²) < 4.78 is 5.17. The highest BCUT2D eigenvalue weighted by atomic mass is 16.5. The van der Waals surface area contributed by atoms with Gasteiger partial charge in [-0.2, -0.15) is 0 Å². The molecule has 0 saturated carbocycles. The molecule has 0 radical (unpaired) electrons. The number of hydrogen-bond acceptors (Lipinski definition) is 3. The van der Waals surface area contributed by atoms with Crippen LogP contribution in [-0.2, 0) is 17.8 Å². The molecule has 116 valence electrons. The van der Waals surface area contributed by atoms with E-state index in [-0.39, 0.29) is 12.5 Å². The molecule has 0 aliphatic carbocycles. The molecule has 1 amide bonds. The Morgan fingerprint density at radius 1 is 1.18 bits per heavy atom. The largest absolute Gasteiger partial charge is 0.497 e. The molecule has 4 heteroatoms. The van der Waals surface area contributed by atoms with Gasteiger partial charge in [-0.05, 0) is 48.2 Å². The standard InChI is InChI=1S/C18H21NO3/c1-13-6-7-15(12-20)11-17(13)19-18(21)9-8-14-4-3-5-16(10-14)22-2/h3-7,10-11,20H,8-9,12H2,1-2H3,(H,19,21). The lowest BCUT2D eigenvalue weighted by atomic mass is 10.1. The van der Waals surface area contributed by atoms with E-state index in [1.807, 2.05) is 43.3 Å². The minimum atomic E-state index is -0.0407. The number of ether oxygens (including phenoxy) is 1. The predicted molar refractivity (Wildman–Crippen MR) is 87.0 cm³/mol. The molecule has 0 aliphatic heterocycles. The molecule has 0 heterocycles. The highest BCUT2D eigenvalue weighted by Gasteiger charge is 2.07. The number of aliphatic hydroxyl groups excluding tert-OH is 1. The van der Waals surface area contributed by atoms with Crippen LogP contribution in [0.2, 0.25) is 0 Å². The van der Waals surface area contributed by atoms with Crippen molar-refractivity contribution in [3.8, 4) is 5.75 Å². The third kappa shape index (κ3) is 4.33. The summed E-state index contributed by atoms with van der Waals surface area (Å²) in [4.78, 5) is 12.1. The number of anilines is 1. The smallest absolute Gasteiger partial charge is 0.224 e. The summed E-state index contributed by atoms with van der Waals surface area (Å²) in [7, 11) is 1.63. The first-order chi connectivity index (χ1) is 10.6. The Hall–Kier alpha value is -2.33. The van der Waals surface area contributed by atoms with Gasteiger partial charge in [-0.25, -0.2) is 0 Å². The zero-order valence-electron chi connectivity index (χ0n) is 12.9. The van der Waals surface area contributed by atoms with Crippen LogP contribution in [0.3, 0.4) is 0 Å². The van der Waals surface area contributed by atoms with Crippen LogP contribution in [0, 0.1) is 6.92 Å². The van der Waals surface area contributed by atoms with Crippen molar-refractivity contribution in [3.05, 3.63) is 59.2 Å². The fourth-order valence-corrected chi connectivity index (χ4v) is 2.20. The molecule has 2 aromatic rings. The molecular weight excluding hydrogens is 278 g/mol. The van der Waals surface area contributed by atoms with Crippen molar-refractivity contribution in [2.24, 2.45) is 0 Å². The van der Waals surface area contributed by atoms with Gasteiger partial charge in [-0.15, -0.1) is 0 Å². The molecular formula is C18H21NO3. The van der Waals surface area contributed by atoms with Crippen molar-refractivity contribution >= 4 is 11.6 Å². The topological polar surface area (TPSA) is 58.6 Å². The quantitative estimate of drug-likeness (QED) is 0.862. The molecule has 0 unspecified atom stereocenters. The first-order valence-corrected chi connectivity index (χ1v) is 7.25. The van der Waals surface area contributed by atoms with Gasteiger partial charge in [0.05, 0.1) is 13.7 Å². The molecule has 0 spiro atoms. The number of benzene rings is 2. The van der Waals surface area contributed by atoms with Crippen molar-refractivity contribution < 1.29 is 14.6 Å². The van der Waals surface area contributed by atoms with Gasteiger partial charge in [0.2, 0.25) is 5.91 Å². The number of nitrogens with one attached hydrogen (secondary N) is 1. The molecule has 4 nitrogen and oxygen atoms in total. The Morgan fingerprint density at radius 2 is 2.00 bits per heavy atom. The second kappa shape index (κ2) is 7.61. The predicted octanol–water partition coefficient (Wildman–Crippen LogP) is 3.07. The molecule has 0 aliphatic rings. The van der Waals surface area contributed by atoms with Crippen LogP contribution >= 0.6 is 0 Å². The SMILES string of the molecule is COc1cccc(CCC(=O)Nc2cc(CO)ccc2C)c1. The molecule has 0 fully saturated rings. The average molecular weight is 299 g/mol. The summed E-state index contributed by atoms with van der Waals surface area (Å²) in [5.41, 5.74) is 3.58. The fraction of sp³-hybridized carbons (Fsp3) is 0.278. The Morgan fingerprint density at radius 3 is 2.73 bits per heavy atom. The van der Waals surface area contributed by atoms with Crippen LogP contribution in [0.15, 0.2) is 42.5 Å². The van der Waals surface area contributed by atoms with Crippen LogP contribution in [0.4, 0.5) is 5.69 Å². The van der Waals surface area contributed by atoms with Crippen LogP contribution in [0.25, 0.3) is 0 Å². The van der Waals surface area contributed by atoms with Crippen LogP contribution in [0.1, 0.15) is 23.1 Å². The Bertz CT molecular complexity index is 653. The molecule has 0 bridgehead atoms. The van der Waals surface area contributed by atoms with Crippen molar-refractivity contribution in [1.29, 1.82) is 0 Å². The zero-order chi connectivity index (χ0) is 15.9. The normalized spacial score (nSPS) is 10.3. The molecule has 0 aromatic heterocycles. The van der Waals surface area contributed by atoms with Gasteiger partial charge in [-0.3, -0.25) is 4.79 Å². The van der Waals surface area contributed by atoms with Crippen LogP contribution < -0.4 is 10.1 Å². The highest BCUT2D eigenvalue weighted by molar-refractivity contribution is 5.91. The van der Waals surface area contributed by atoms with E-state index in [9.17, 15) is 4.79 Å². The molecule has 2 rings (SSSR count). The number of rotatable bonds is 6. The summed E-state index contributed by atoms with van der Waals surface area (Å²) >= 11 is 0. The molecule has 0 atom stereocenters. The van der Waals surface area contributed by atoms with E-state index in [2.05, 4.69) is 5.32 Å². The molecule has 22 heavy (non-hydrogen) atoms. The lowest BCUT2D eigenvalue weighted by Crippen LogP contribution is -2.13. The van der Waals surface area contributed by atoms with Gasteiger partial charge in [0, 0.05) is 12.1 Å². The van der Waals surface area contributed by atoms with Crippen molar-refractivity contribution in [2.45, 2.75) is 26.4 Å². The van der Waals surface area contributed by atoms with E-state index in [0.717, 1.165) is 28.1 Å². The first-order valence-electron chi connectivity index (χ1n) is 7.25. The summed E-state index contributed by atoms with van der Waals surface area (Å²) in [6.45, 7) is 1.89. The van der Waals surface area contributed by atoms with E-state index in [1.54, 1.807) is 13.2 Å². The zero-order valence-corrected chi connectivity index (χ0v) is 12.9. The minimum Gasteiger partial charge on any atom is -0.497 e. The third-order valence-corrected chi connectivity index (χ3v) is 3.53. The number of aliphatic hydroxyl groups is 1. The third-order valence-electron chi connectivity index (χ3n) is 3.53. The van der Waals surface area contributed by atoms with E-state index in [1.165, 1.54) is 0 Å². The average Bonchev–Trinajstić information content (AvgIpc) is 2.55. The summed E-state index contributed by atoms with van der Waals surface area (Å²) in [5.74, 6) is 0.755. The van der Waals surface area contributed by atoms with E-state index in [0.29, 0.717) is 12.8 Å². The molecule has 0 saturated heterocycles. The van der Waals surface area contributed by atoms with Gasteiger partial charge in [0.25, 0.3) is 0 Å².